The van der Waals surface area contributed by atoms with Gasteiger partial charge in [-0.3, -0.25) is 4.90 Å². The molecular weight excluding hydrogens is 402 g/mol. The first-order valence-electron chi connectivity index (χ1n) is 9.12. The van der Waals surface area contributed by atoms with Gasteiger partial charge in [-0.15, -0.1) is 11.3 Å². The number of ether oxygens (including phenoxy) is 1. The van der Waals surface area contributed by atoms with E-state index in [0.717, 1.165) is 16.9 Å². The van der Waals surface area contributed by atoms with Crippen molar-refractivity contribution < 1.29 is 19.4 Å². The minimum absolute atomic E-state index is 0.0730. The van der Waals surface area contributed by atoms with Crippen LogP contribution in [0.1, 0.15) is 15.2 Å². The summed E-state index contributed by atoms with van der Waals surface area (Å²) in [5, 5.41) is 13.2. The third-order valence-electron chi connectivity index (χ3n) is 4.82. The number of anilines is 3. The maximum absolute atomic E-state index is 13.0. The first kappa shape index (κ1) is 18.1. The second kappa shape index (κ2) is 6.85. The molecule has 8 heteroatoms. The van der Waals surface area contributed by atoms with Crippen molar-refractivity contribution in [3.8, 4) is 11.5 Å². The van der Waals surface area contributed by atoms with Gasteiger partial charge in [0.15, 0.2) is 0 Å². The highest BCUT2D eigenvalue weighted by Gasteiger charge is 2.34. The van der Waals surface area contributed by atoms with Crippen LogP contribution in [0.2, 0.25) is 0 Å². The molecule has 0 unspecified atom stereocenters. The molecule has 1 aliphatic rings. The van der Waals surface area contributed by atoms with Crippen molar-refractivity contribution in [1.29, 1.82) is 0 Å². The van der Waals surface area contributed by atoms with Crippen LogP contribution in [0.25, 0.3) is 10.2 Å². The van der Waals surface area contributed by atoms with Gasteiger partial charge in [-0.1, -0.05) is 18.2 Å². The number of aromatic carboxylic acids is 1. The van der Waals surface area contributed by atoms with Crippen molar-refractivity contribution in [3.63, 3.8) is 0 Å². The highest BCUT2D eigenvalue weighted by Crippen LogP contribution is 2.47. The molecule has 0 aliphatic carbocycles. The number of nitrogens with zero attached hydrogens (tertiary/aromatic N) is 2. The highest BCUT2D eigenvalue weighted by molar-refractivity contribution is 7.21. The normalized spacial score (nSPS) is 12.7. The first-order chi connectivity index (χ1) is 14.5. The number of carbonyl (C=O) groups excluding carboxylic acids is 1. The molecular formula is C22H15N3O4S. The minimum Gasteiger partial charge on any atom is -0.477 e. The molecule has 4 aromatic rings. The van der Waals surface area contributed by atoms with Crippen LogP contribution in [0.5, 0.6) is 11.5 Å². The summed E-state index contributed by atoms with van der Waals surface area (Å²) in [6.07, 6.45) is 1.56. The Morgan fingerprint density at radius 2 is 1.93 bits per heavy atom. The van der Waals surface area contributed by atoms with E-state index in [9.17, 15) is 14.7 Å². The van der Waals surface area contributed by atoms with E-state index in [1.165, 1.54) is 4.90 Å². The Kier molecular flexibility index (Phi) is 4.14. The van der Waals surface area contributed by atoms with Crippen molar-refractivity contribution in [2.45, 2.75) is 6.92 Å². The lowest BCUT2D eigenvalue weighted by Gasteiger charge is -2.29. The summed E-state index contributed by atoms with van der Waals surface area (Å²) in [4.78, 5) is 31.2. The number of urea groups is 1. The number of thiophene rings is 1. The Morgan fingerprint density at radius 1 is 1.13 bits per heavy atom. The molecule has 2 N–H and O–H groups in total. The van der Waals surface area contributed by atoms with Crippen LogP contribution >= 0.6 is 11.3 Å². The van der Waals surface area contributed by atoms with Crippen LogP contribution in [-0.4, -0.2) is 22.1 Å². The molecule has 0 spiro atoms. The molecule has 30 heavy (non-hydrogen) atoms. The second-order valence-corrected chi connectivity index (χ2v) is 7.75. The fraction of sp³-hybridized carbons (Fsp3) is 0.0455. The van der Waals surface area contributed by atoms with Crippen LogP contribution < -0.4 is 15.0 Å². The molecule has 148 valence electrons. The van der Waals surface area contributed by atoms with Crippen molar-refractivity contribution in [1.82, 2.24) is 4.98 Å². The smallest absolute Gasteiger partial charge is 0.348 e. The third kappa shape index (κ3) is 2.85. The number of pyridine rings is 1. The predicted molar refractivity (Wildman–Crippen MR) is 115 cm³/mol. The molecule has 0 saturated carbocycles. The van der Waals surface area contributed by atoms with Crippen molar-refractivity contribution in [3.05, 3.63) is 71.2 Å². The molecule has 1 aliphatic heterocycles. The van der Waals surface area contributed by atoms with Gasteiger partial charge in [-0.05, 0) is 48.9 Å². The predicted octanol–water partition coefficient (Wildman–Crippen LogP) is 5.78. The van der Waals surface area contributed by atoms with Crippen molar-refractivity contribution >= 4 is 50.6 Å². The number of hydrogen-bond donors (Lipinski definition) is 2. The topological polar surface area (TPSA) is 91.8 Å². The number of carboxylic acid groups (broad SMARTS) is 1. The zero-order valence-electron chi connectivity index (χ0n) is 15.7. The molecule has 2 aromatic heterocycles. The number of aromatic nitrogens is 1. The van der Waals surface area contributed by atoms with E-state index in [-0.39, 0.29) is 4.88 Å². The van der Waals surface area contributed by atoms with Gasteiger partial charge in [-0.2, -0.15) is 0 Å². The first-order valence-corrected chi connectivity index (χ1v) is 9.94. The number of aryl methyl sites for hydroxylation is 1. The van der Waals surface area contributed by atoms with Gasteiger partial charge < -0.3 is 15.2 Å². The molecule has 0 bridgehead atoms. The maximum atomic E-state index is 13.0. The largest absolute Gasteiger partial charge is 0.477 e. The molecule has 0 atom stereocenters. The monoisotopic (exact) mass is 417 g/mol. The Labute approximate surface area is 175 Å². The third-order valence-corrected chi connectivity index (χ3v) is 5.89. The van der Waals surface area contributed by atoms with E-state index in [4.69, 9.17) is 4.74 Å². The lowest BCUT2D eigenvalue weighted by Crippen LogP contribution is -2.34. The standard InChI is InChI=1S/C22H15N3O4S/c1-12-11-14(29-13-5-3-2-4-6-13)7-8-16(12)25-18-17-15(24-22(25)28)9-10-23-20(17)30-19(18)21(26)27/h2-11H,1H3,(H,24,28)(H,26,27). The van der Waals surface area contributed by atoms with Gasteiger partial charge in [0.1, 0.15) is 21.2 Å². The number of carbonyl (C=O) groups is 2. The molecule has 0 radical (unpaired) electrons. The summed E-state index contributed by atoms with van der Waals surface area (Å²) < 4.78 is 5.87. The van der Waals surface area contributed by atoms with Gasteiger partial charge in [0.2, 0.25) is 0 Å². The Hall–Kier alpha value is -3.91. The number of benzene rings is 2. The lowest BCUT2D eigenvalue weighted by atomic mass is 10.1. The van der Waals surface area contributed by atoms with E-state index in [0.29, 0.717) is 38.8 Å². The lowest BCUT2D eigenvalue weighted by molar-refractivity contribution is 0.0703. The van der Waals surface area contributed by atoms with E-state index >= 15 is 0 Å². The molecule has 0 fully saturated rings. The van der Waals surface area contributed by atoms with Crippen LogP contribution in [-0.2, 0) is 0 Å². The summed E-state index contributed by atoms with van der Waals surface area (Å²) in [7, 11) is 0. The Morgan fingerprint density at radius 3 is 2.67 bits per heavy atom. The average molecular weight is 417 g/mol. The van der Waals surface area contributed by atoms with Crippen LogP contribution in [0.3, 0.4) is 0 Å². The number of hydrogen-bond acceptors (Lipinski definition) is 5. The van der Waals surface area contributed by atoms with E-state index in [1.54, 1.807) is 24.4 Å². The number of carboxylic acids is 1. The quantitative estimate of drug-likeness (QED) is 0.439. The second-order valence-electron chi connectivity index (χ2n) is 6.75. The Balaban J connectivity index is 1.62. The minimum atomic E-state index is -1.10. The number of amides is 2. The number of rotatable bonds is 4. The van der Waals surface area contributed by atoms with E-state index in [1.807, 2.05) is 43.3 Å². The summed E-state index contributed by atoms with van der Waals surface area (Å²) in [6, 6.07) is 16.0. The van der Waals surface area contributed by atoms with Crippen molar-refractivity contribution in [2.24, 2.45) is 0 Å². The van der Waals surface area contributed by atoms with Gasteiger partial charge in [-0.25, -0.2) is 14.6 Å². The zero-order valence-corrected chi connectivity index (χ0v) is 16.6. The molecule has 2 amide bonds. The van der Waals surface area contributed by atoms with Crippen LogP contribution in [0.15, 0.2) is 60.8 Å². The SMILES string of the molecule is Cc1cc(Oc2ccccc2)ccc1N1C(=O)Nc2ccnc3sc(C(=O)O)c1c23. The molecule has 5 rings (SSSR count). The molecule has 3 heterocycles. The number of para-hydroxylation sites is 1. The molecule has 2 aromatic carbocycles. The zero-order chi connectivity index (χ0) is 20.8. The van der Waals surface area contributed by atoms with Gasteiger partial charge in [0.25, 0.3) is 0 Å². The number of nitrogens with one attached hydrogen (secondary N) is 1. The maximum Gasteiger partial charge on any atom is 0.348 e. The van der Waals surface area contributed by atoms with Crippen LogP contribution in [0.4, 0.5) is 21.9 Å². The fourth-order valence-corrected chi connectivity index (χ4v) is 4.53. The summed E-state index contributed by atoms with van der Waals surface area (Å²) in [5.41, 5.74) is 2.24. The molecule has 0 saturated heterocycles. The van der Waals surface area contributed by atoms with Gasteiger partial charge in [0, 0.05) is 6.20 Å². The van der Waals surface area contributed by atoms with Gasteiger partial charge >= 0.3 is 12.0 Å². The van der Waals surface area contributed by atoms with Gasteiger partial charge in [0.05, 0.1) is 22.4 Å². The fourth-order valence-electron chi connectivity index (χ4n) is 3.54. The summed E-state index contributed by atoms with van der Waals surface area (Å²) in [6.45, 7) is 1.85. The van der Waals surface area contributed by atoms with E-state index in [2.05, 4.69) is 10.3 Å². The van der Waals surface area contributed by atoms with Crippen LogP contribution in [0, 0.1) is 6.92 Å². The summed E-state index contributed by atoms with van der Waals surface area (Å²) >= 11 is 1.05. The average Bonchev–Trinajstić information content (AvgIpc) is 3.11. The summed E-state index contributed by atoms with van der Waals surface area (Å²) in [5.74, 6) is 0.226. The van der Waals surface area contributed by atoms with Crippen molar-refractivity contribution in [2.75, 3.05) is 10.2 Å². The highest BCUT2D eigenvalue weighted by atomic mass is 32.1. The Bertz CT molecular complexity index is 1320. The van der Waals surface area contributed by atoms with E-state index < -0.39 is 12.0 Å². The molecule has 7 nitrogen and oxygen atoms in total.